The van der Waals surface area contributed by atoms with E-state index in [2.05, 4.69) is 65.1 Å². The molecule has 0 fully saturated rings. The van der Waals surface area contributed by atoms with Crippen LogP contribution in [0.4, 0.5) is 0 Å². The molecule has 1 N–H and O–H groups in total. The van der Waals surface area contributed by atoms with E-state index in [0.717, 1.165) is 0 Å². The van der Waals surface area contributed by atoms with Crippen LogP contribution >= 0.6 is 33.9 Å². The summed E-state index contributed by atoms with van der Waals surface area (Å²) in [5.74, 6) is 0. The highest BCUT2D eigenvalue weighted by Gasteiger charge is 1.93. The van der Waals surface area contributed by atoms with Gasteiger partial charge in [-0.3, -0.25) is 0 Å². The van der Waals surface area contributed by atoms with Crippen molar-refractivity contribution in [2.24, 2.45) is 0 Å². The molecule has 1 heterocycles. The molecule has 3 aromatic rings. The maximum atomic E-state index is 8.49. The Balaban J connectivity index is 0.000000153. The molecule has 86 valence electrons. The lowest BCUT2D eigenvalue weighted by molar-refractivity contribution is 0.491. The molecule has 0 bridgehead atoms. The molecule has 1 nitrogen and oxygen atoms in total. The van der Waals surface area contributed by atoms with Crippen molar-refractivity contribution in [3.63, 3.8) is 0 Å². The SMILES string of the molecule is Ic1cccc2ccccc12.Oc1cccs1. The number of thiophene rings is 1. The summed E-state index contributed by atoms with van der Waals surface area (Å²) in [7, 11) is 0. The standard InChI is InChI=1S/C10H7I.C4H4OS/c11-10-7-3-5-8-4-1-2-6-9(8)10;5-4-2-1-3-6-4/h1-7H;1-3,5H. The zero-order chi connectivity index (χ0) is 12.1. The Morgan fingerprint density at radius 3 is 2.24 bits per heavy atom. The summed E-state index contributed by atoms with van der Waals surface area (Å²) in [6, 6.07) is 18.2. The van der Waals surface area contributed by atoms with Gasteiger partial charge in [0.2, 0.25) is 0 Å². The molecule has 0 aliphatic heterocycles. The van der Waals surface area contributed by atoms with Gasteiger partial charge in [0.15, 0.2) is 5.06 Å². The first-order valence-corrected chi connectivity index (χ1v) is 7.09. The van der Waals surface area contributed by atoms with E-state index in [0.29, 0.717) is 5.06 Å². The van der Waals surface area contributed by atoms with Crippen LogP contribution in [0.2, 0.25) is 0 Å². The third-order valence-electron chi connectivity index (χ3n) is 2.24. The van der Waals surface area contributed by atoms with Crippen molar-refractivity contribution in [2.75, 3.05) is 0 Å². The fourth-order valence-electron chi connectivity index (χ4n) is 1.46. The molecule has 0 atom stereocenters. The fourth-order valence-corrected chi connectivity index (χ4v) is 2.61. The maximum absolute atomic E-state index is 8.49. The van der Waals surface area contributed by atoms with E-state index >= 15 is 0 Å². The predicted octanol–water partition coefficient (Wildman–Crippen LogP) is 4.90. The Labute approximate surface area is 118 Å². The monoisotopic (exact) mass is 354 g/mol. The third kappa shape index (κ3) is 3.44. The average molecular weight is 354 g/mol. The number of fused-ring (bicyclic) bond motifs is 1. The largest absolute Gasteiger partial charge is 0.499 e. The van der Waals surface area contributed by atoms with Crippen LogP contribution < -0.4 is 0 Å². The first-order chi connectivity index (χ1) is 8.27. The quantitative estimate of drug-likeness (QED) is 0.570. The van der Waals surface area contributed by atoms with Crippen LogP contribution in [-0.2, 0) is 0 Å². The number of hydrogen-bond donors (Lipinski definition) is 1. The summed E-state index contributed by atoms with van der Waals surface area (Å²) < 4.78 is 1.32. The third-order valence-corrected chi connectivity index (χ3v) is 3.85. The number of aromatic hydroxyl groups is 1. The van der Waals surface area contributed by atoms with E-state index in [-0.39, 0.29) is 0 Å². The molecule has 0 saturated heterocycles. The Morgan fingerprint density at radius 1 is 0.882 bits per heavy atom. The number of benzene rings is 2. The molecule has 0 aliphatic rings. The van der Waals surface area contributed by atoms with Crippen LogP contribution in [0.25, 0.3) is 10.8 Å². The lowest BCUT2D eigenvalue weighted by Crippen LogP contribution is -1.74. The van der Waals surface area contributed by atoms with Gasteiger partial charge in [-0.25, -0.2) is 0 Å². The summed E-state index contributed by atoms with van der Waals surface area (Å²) in [6.45, 7) is 0. The highest BCUT2D eigenvalue weighted by Crippen LogP contribution is 2.19. The molecule has 0 radical (unpaired) electrons. The van der Waals surface area contributed by atoms with Crippen molar-refractivity contribution < 1.29 is 5.11 Å². The van der Waals surface area contributed by atoms with E-state index in [1.54, 1.807) is 12.1 Å². The summed E-state index contributed by atoms with van der Waals surface area (Å²) in [5, 5.41) is 13.4. The summed E-state index contributed by atoms with van der Waals surface area (Å²) in [6.07, 6.45) is 0. The van der Waals surface area contributed by atoms with Gasteiger partial charge in [-0.15, -0.1) is 11.3 Å². The summed E-state index contributed by atoms with van der Waals surface area (Å²) in [4.78, 5) is 0. The van der Waals surface area contributed by atoms with Gasteiger partial charge in [-0.1, -0.05) is 36.4 Å². The van der Waals surface area contributed by atoms with Gasteiger partial charge in [0.25, 0.3) is 0 Å². The maximum Gasteiger partial charge on any atom is 0.171 e. The van der Waals surface area contributed by atoms with Crippen molar-refractivity contribution in [1.82, 2.24) is 0 Å². The highest BCUT2D eigenvalue weighted by molar-refractivity contribution is 14.1. The molecule has 0 unspecified atom stereocenters. The van der Waals surface area contributed by atoms with Crippen molar-refractivity contribution in [1.29, 1.82) is 0 Å². The van der Waals surface area contributed by atoms with Crippen molar-refractivity contribution in [3.8, 4) is 5.06 Å². The molecule has 0 aliphatic carbocycles. The van der Waals surface area contributed by atoms with Crippen molar-refractivity contribution in [3.05, 3.63) is 63.5 Å². The van der Waals surface area contributed by atoms with Crippen LogP contribution in [0.1, 0.15) is 0 Å². The zero-order valence-electron chi connectivity index (χ0n) is 9.01. The number of rotatable bonds is 0. The van der Waals surface area contributed by atoms with Crippen molar-refractivity contribution in [2.45, 2.75) is 0 Å². The Bertz CT molecular complexity index is 585. The predicted molar refractivity (Wildman–Crippen MR) is 82.6 cm³/mol. The van der Waals surface area contributed by atoms with Gasteiger partial charge >= 0.3 is 0 Å². The Hall–Kier alpha value is -1.07. The van der Waals surface area contributed by atoms with Gasteiger partial charge in [-0.05, 0) is 56.9 Å². The number of hydrogen-bond acceptors (Lipinski definition) is 2. The average Bonchev–Trinajstić information content (AvgIpc) is 2.82. The Kier molecular flexibility index (Phi) is 4.39. The molecule has 17 heavy (non-hydrogen) atoms. The van der Waals surface area contributed by atoms with E-state index < -0.39 is 0 Å². The van der Waals surface area contributed by atoms with E-state index in [9.17, 15) is 0 Å². The lowest BCUT2D eigenvalue weighted by Gasteiger charge is -1.97. The number of halogens is 1. The van der Waals surface area contributed by atoms with Gasteiger partial charge in [-0.2, -0.15) is 0 Å². The summed E-state index contributed by atoms with van der Waals surface area (Å²) >= 11 is 3.69. The molecule has 2 aromatic carbocycles. The minimum atomic E-state index is 0.384. The molecule has 3 heteroatoms. The van der Waals surface area contributed by atoms with E-state index in [4.69, 9.17) is 5.11 Å². The molecule has 0 saturated carbocycles. The van der Waals surface area contributed by atoms with Crippen LogP contribution in [-0.4, -0.2) is 5.11 Å². The Morgan fingerprint density at radius 2 is 1.65 bits per heavy atom. The minimum absolute atomic E-state index is 0.384. The smallest absolute Gasteiger partial charge is 0.171 e. The molecule has 0 spiro atoms. The zero-order valence-corrected chi connectivity index (χ0v) is 12.0. The summed E-state index contributed by atoms with van der Waals surface area (Å²) in [5.41, 5.74) is 0. The first kappa shape index (κ1) is 12.4. The van der Waals surface area contributed by atoms with E-state index in [1.807, 2.05) is 5.38 Å². The second kappa shape index (κ2) is 6.02. The van der Waals surface area contributed by atoms with Crippen LogP contribution in [0.5, 0.6) is 5.06 Å². The van der Waals surface area contributed by atoms with Gasteiger partial charge in [0.05, 0.1) is 0 Å². The van der Waals surface area contributed by atoms with Crippen LogP contribution in [0.3, 0.4) is 0 Å². The molecule has 1 aromatic heterocycles. The fraction of sp³-hybridized carbons (Fsp3) is 0. The topological polar surface area (TPSA) is 20.2 Å². The van der Waals surface area contributed by atoms with Crippen LogP contribution in [0, 0.1) is 3.57 Å². The normalized spacial score (nSPS) is 9.71. The molecule has 3 rings (SSSR count). The van der Waals surface area contributed by atoms with Gasteiger partial charge < -0.3 is 5.11 Å². The minimum Gasteiger partial charge on any atom is -0.499 e. The van der Waals surface area contributed by atoms with E-state index in [1.165, 1.54) is 25.7 Å². The second-order valence-electron chi connectivity index (χ2n) is 3.41. The molecular weight excluding hydrogens is 343 g/mol. The highest BCUT2D eigenvalue weighted by atomic mass is 127. The molecule has 0 amide bonds. The molecular formula is C14H11IOS. The first-order valence-electron chi connectivity index (χ1n) is 5.13. The van der Waals surface area contributed by atoms with Crippen LogP contribution in [0.15, 0.2) is 60.0 Å². The lowest BCUT2D eigenvalue weighted by atomic mass is 10.1. The van der Waals surface area contributed by atoms with Gasteiger partial charge in [0.1, 0.15) is 0 Å². The van der Waals surface area contributed by atoms with Gasteiger partial charge in [0, 0.05) is 3.57 Å². The second-order valence-corrected chi connectivity index (χ2v) is 5.50. The van der Waals surface area contributed by atoms with Crippen molar-refractivity contribution >= 4 is 44.7 Å².